The van der Waals surface area contributed by atoms with E-state index >= 15 is 0 Å². The van der Waals surface area contributed by atoms with Crippen LogP contribution in [0, 0.1) is 42.5 Å². The quantitative estimate of drug-likeness (QED) is 0.310. The molecule has 0 aliphatic carbocycles. The Bertz CT molecular complexity index is 368. The first-order valence-corrected chi connectivity index (χ1v) is 5.65. The van der Waals surface area contributed by atoms with Crippen molar-refractivity contribution in [2.24, 2.45) is 0 Å². The van der Waals surface area contributed by atoms with Crippen LogP contribution < -0.4 is 0 Å². The minimum Gasteiger partial charge on any atom is -0.358 e. The Morgan fingerprint density at radius 3 is 0.714 bits per heavy atom. The van der Waals surface area contributed by atoms with E-state index in [0.29, 0.717) is 0 Å². The molecule has 0 N–H and O–H groups in total. The first kappa shape index (κ1) is 33.2. The van der Waals surface area contributed by atoms with Crippen molar-refractivity contribution in [2.45, 2.75) is 27.7 Å². The Labute approximate surface area is 175 Å². The second-order valence-corrected chi connectivity index (χ2v) is 4.17. The maximum absolute atomic E-state index is 2.12. The van der Waals surface area contributed by atoms with Crippen LogP contribution in [-0.2, 0) is 63.2 Å². The predicted octanol–water partition coefficient (Wildman–Crippen LogP) is 5.50. The molecule has 2 aromatic carbocycles. The van der Waals surface area contributed by atoms with Gasteiger partial charge in [-0.1, -0.05) is 48.5 Å². The van der Waals surface area contributed by atoms with E-state index in [4.69, 9.17) is 0 Å². The van der Waals surface area contributed by atoms with E-state index in [-0.39, 0.29) is 78.0 Å². The molecule has 2 aromatic rings. The van der Waals surface area contributed by atoms with Gasteiger partial charge in [0.15, 0.2) is 0 Å². The molecule has 2 rings (SSSR count). The summed E-state index contributed by atoms with van der Waals surface area (Å²) in [5, 5.41) is 0. The standard InChI is InChI=1S/2C8H10.2CH3.3W/c2*1-7-5-3-4-6-8(7)2;;;;;/h2*3-6H,1-2H3;2*1H3;;;/q;;2*-1;;;+2. The zero-order valence-electron chi connectivity index (χ0n) is 13.8. The molecule has 0 aromatic heterocycles. The topological polar surface area (TPSA) is 0 Å². The van der Waals surface area contributed by atoms with Gasteiger partial charge in [-0.15, -0.1) is 0 Å². The molecule has 0 bridgehead atoms. The van der Waals surface area contributed by atoms with E-state index < -0.39 is 0 Å². The smallest absolute Gasteiger partial charge is 0.358 e. The van der Waals surface area contributed by atoms with Gasteiger partial charge in [-0.3, -0.25) is 0 Å². The summed E-state index contributed by atoms with van der Waals surface area (Å²) in [6.07, 6.45) is 0. The van der Waals surface area contributed by atoms with Gasteiger partial charge in [0.25, 0.3) is 0 Å². The van der Waals surface area contributed by atoms with Crippen molar-refractivity contribution in [1.29, 1.82) is 0 Å². The van der Waals surface area contributed by atoms with Gasteiger partial charge >= 0.3 is 21.1 Å². The fourth-order valence-corrected chi connectivity index (χ4v) is 1.33. The van der Waals surface area contributed by atoms with Crippen molar-refractivity contribution in [3.05, 3.63) is 85.6 Å². The predicted molar refractivity (Wildman–Crippen MR) is 84.7 cm³/mol. The Morgan fingerprint density at radius 2 is 0.619 bits per heavy atom. The maximum atomic E-state index is 2.12. The summed E-state index contributed by atoms with van der Waals surface area (Å²) in [6.45, 7) is 8.48. The van der Waals surface area contributed by atoms with Crippen LogP contribution in [0.15, 0.2) is 48.5 Å². The van der Waals surface area contributed by atoms with Gasteiger partial charge in [0.1, 0.15) is 0 Å². The van der Waals surface area contributed by atoms with E-state index in [9.17, 15) is 0 Å². The Hall–Kier alpha value is 0.505. The number of hydrogen-bond acceptors (Lipinski definition) is 0. The first-order chi connectivity index (χ1) is 7.61. The van der Waals surface area contributed by atoms with E-state index in [2.05, 4.69) is 76.2 Å². The Balaban J connectivity index is -0.0000000656. The molecular weight excluding hydrogens is 768 g/mol. The van der Waals surface area contributed by atoms with E-state index in [1.54, 1.807) is 0 Å². The van der Waals surface area contributed by atoms with Crippen molar-refractivity contribution >= 4 is 0 Å². The second-order valence-electron chi connectivity index (χ2n) is 4.17. The van der Waals surface area contributed by atoms with E-state index in [1.807, 2.05) is 0 Å². The molecule has 0 radical (unpaired) electrons. The van der Waals surface area contributed by atoms with E-state index in [0.717, 1.165) is 0 Å². The molecule has 0 unspecified atom stereocenters. The SMILES string of the molecule is Cc1ccccc1C.Cc1ccccc1C.[CH3-].[CH3-].[W+2].[W].[W]. The molecular formula is C18H26W3. The van der Waals surface area contributed by atoms with Gasteiger partial charge in [0.2, 0.25) is 0 Å². The third-order valence-electron chi connectivity index (χ3n) is 2.85. The third kappa shape index (κ3) is 13.9. The summed E-state index contributed by atoms with van der Waals surface area (Å²) in [4.78, 5) is 0. The fraction of sp³-hybridized carbons (Fsp3) is 0.222. The number of benzene rings is 2. The Morgan fingerprint density at radius 1 is 0.476 bits per heavy atom. The van der Waals surface area contributed by atoms with Crippen LogP contribution in [0.4, 0.5) is 0 Å². The van der Waals surface area contributed by atoms with Crippen LogP contribution in [0.5, 0.6) is 0 Å². The number of aryl methyl sites for hydroxylation is 4. The summed E-state index contributed by atoms with van der Waals surface area (Å²) in [6, 6.07) is 16.7. The molecule has 0 nitrogen and oxygen atoms in total. The summed E-state index contributed by atoms with van der Waals surface area (Å²) >= 11 is 0. The molecule has 0 atom stereocenters. The molecule has 0 spiro atoms. The van der Waals surface area contributed by atoms with Gasteiger partial charge in [0.05, 0.1) is 0 Å². The molecule has 0 aliphatic heterocycles. The first-order valence-electron chi connectivity index (χ1n) is 5.65. The molecule has 0 heterocycles. The summed E-state index contributed by atoms with van der Waals surface area (Å²) in [5.74, 6) is 0. The monoisotopic (exact) mass is 794 g/mol. The molecule has 0 amide bonds. The van der Waals surface area contributed by atoms with Crippen molar-refractivity contribution in [3.63, 3.8) is 0 Å². The van der Waals surface area contributed by atoms with Crippen molar-refractivity contribution in [2.75, 3.05) is 0 Å². The van der Waals surface area contributed by atoms with Gasteiger partial charge in [0, 0.05) is 42.1 Å². The van der Waals surface area contributed by atoms with Crippen LogP contribution in [0.3, 0.4) is 0 Å². The van der Waals surface area contributed by atoms with Crippen LogP contribution in [0.25, 0.3) is 0 Å². The zero-order valence-corrected chi connectivity index (χ0v) is 22.6. The van der Waals surface area contributed by atoms with Crippen LogP contribution in [0.1, 0.15) is 22.3 Å². The molecule has 0 aliphatic rings. The molecule has 0 fully saturated rings. The molecule has 116 valence electrons. The van der Waals surface area contributed by atoms with E-state index in [1.165, 1.54) is 22.3 Å². The van der Waals surface area contributed by atoms with Crippen LogP contribution >= 0.6 is 0 Å². The minimum atomic E-state index is 0. The second kappa shape index (κ2) is 18.6. The zero-order chi connectivity index (χ0) is 12.0. The summed E-state index contributed by atoms with van der Waals surface area (Å²) in [5.41, 5.74) is 5.47. The maximum Gasteiger partial charge on any atom is 2.00 e. The Kier molecular flexibility index (Phi) is 29.3. The van der Waals surface area contributed by atoms with Gasteiger partial charge < -0.3 is 14.9 Å². The summed E-state index contributed by atoms with van der Waals surface area (Å²) in [7, 11) is 0. The summed E-state index contributed by atoms with van der Waals surface area (Å²) < 4.78 is 0. The average molecular weight is 794 g/mol. The molecule has 3 heteroatoms. The number of hydrogen-bond donors (Lipinski definition) is 0. The van der Waals surface area contributed by atoms with Crippen molar-refractivity contribution in [1.82, 2.24) is 0 Å². The largest absolute Gasteiger partial charge is 2.00 e. The van der Waals surface area contributed by atoms with Gasteiger partial charge in [-0.05, 0) is 49.9 Å². The van der Waals surface area contributed by atoms with Gasteiger partial charge in [-0.25, -0.2) is 0 Å². The fourth-order valence-electron chi connectivity index (χ4n) is 1.33. The van der Waals surface area contributed by atoms with Crippen molar-refractivity contribution in [3.8, 4) is 0 Å². The van der Waals surface area contributed by atoms with Crippen LogP contribution in [0.2, 0.25) is 0 Å². The molecule has 21 heavy (non-hydrogen) atoms. The van der Waals surface area contributed by atoms with Gasteiger partial charge in [-0.2, -0.15) is 0 Å². The minimum absolute atomic E-state index is 0. The average Bonchev–Trinajstić information content (AvgIpc) is 2.28. The van der Waals surface area contributed by atoms with Crippen molar-refractivity contribution < 1.29 is 63.2 Å². The third-order valence-corrected chi connectivity index (χ3v) is 2.85. The number of rotatable bonds is 0. The normalized spacial score (nSPS) is 7.05. The molecule has 0 saturated carbocycles. The molecule has 0 saturated heterocycles. The van der Waals surface area contributed by atoms with Crippen LogP contribution in [-0.4, -0.2) is 0 Å².